The molecule has 0 atom stereocenters. The topological polar surface area (TPSA) is 63.7 Å². The fraction of sp³-hybridized carbons (Fsp3) is 0.500. The van der Waals surface area contributed by atoms with Gasteiger partial charge in [-0.05, 0) is 31.9 Å². The molecule has 5 nitrogen and oxygen atoms in total. The third kappa shape index (κ3) is 3.41. The van der Waals surface area contributed by atoms with Gasteiger partial charge in [0.2, 0.25) is 10.0 Å². The van der Waals surface area contributed by atoms with Crippen molar-refractivity contribution in [2.24, 2.45) is 5.92 Å². The van der Waals surface area contributed by atoms with E-state index in [9.17, 15) is 17.6 Å². The van der Waals surface area contributed by atoms with Crippen molar-refractivity contribution in [2.45, 2.75) is 24.7 Å². The summed E-state index contributed by atoms with van der Waals surface area (Å²) in [6, 6.07) is 5.31. The van der Waals surface area contributed by atoms with Crippen molar-refractivity contribution in [3.63, 3.8) is 0 Å². The number of rotatable bonds is 4. The Morgan fingerprint density at radius 2 is 1.95 bits per heavy atom. The normalized spacial score (nSPS) is 17.6. The monoisotopic (exact) mass is 315 g/mol. The van der Waals surface area contributed by atoms with E-state index >= 15 is 0 Å². The first-order chi connectivity index (χ1) is 9.96. The summed E-state index contributed by atoms with van der Waals surface area (Å²) in [4.78, 5) is 11.3. The van der Waals surface area contributed by atoms with Crippen LogP contribution in [0.25, 0.3) is 0 Å². The predicted molar refractivity (Wildman–Crippen MR) is 74.5 cm³/mol. The SMILES string of the molecule is CCOC(=O)C1CCN(S(=O)(=O)c2ccccc2F)CC1. The number of esters is 1. The number of hydrogen-bond acceptors (Lipinski definition) is 4. The van der Waals surface area contributed by atoms with Gasteiger partial charge in [-0.25, -0.2) is 12.8 Å². The number of nitrogens with zero attached hydrogens (tertiary/aromatic N) is 1. The average Bonchev–Trinajstić information content (AvgIpc) is 2.48. The van der Waals surface area contributed by atoms with Crippen molar-refractivity contribution in [2.75, 3.05) is 19.7 Å². The quantitative estimate of drug-likeness (QED) is 0.795. The zero-order valence-electron chi connectivity index (χ0n) is 11.8. The first-order valence-electron chi connectivity index (χ1n) is 6.88. The summed E-state index contributed by atoms with van der Waals surface area (Å²) in [5, 5.41) is 0. The van der Waals surface area contributed by atoms with Gasteiger partial charge in [0, 0.05) is 13.1 Å². The molecule has 0 N–H and O–H groups in total. The van der Waals surface area contributed by atoms with E-state index < -0.39 is 15.8 Å². The molecule has 1 saturated heterocycles. The zero-order valence-corrected chi connectivity index (χ0v) is 12.6. The summed E-state index contributed by atoms with van der Waals surface area (Å²) in [5.41, 5.74) is 0. The van der Waals surface area contributed by atoms with Gasteiger partial charge in [-0.2, -0.15) is 4.31 Å². The largest absolute Gasteiger partial charge is 0.466 e. The molecule has 21 heavy (non-hydrogen) atoms. The van der Waals surface area contributed by atoms with Crippen LogP contribution in [0.2, 0.25) is 0 Å². The lowest BCUT2D eigenvalue weighted by Crippen LogP contribution is -2.40. The second-order valence-electron chi connectivity index (χ2n) is 4.86. The number of benzene rings is 1. The summed E-state index contributed by atoms with van der Waals surface area (Å²) in [6.07, 6.45) is 0.791. The van der Waals surface area contributed by atoms with Crippen LogP contribution in [0, 0.1) is 11.7 Å². The maximum atomic E-state index is 13.7. The van der Waals surface area contributed by atoms with Crippen LogP contribution in [0.1, 0.15) is 19.8 Å². The lowest BCUT2D eigenvalue weighted by molar-refractivity contribution is -0.149. The zero-order chi connectivity index (χ0) is 15.5. The molecule has 0 bridgehead atoms. The Hall–Kier alpha value is -1.47. The van der Waals surface area contributed by atoms with Crippen LogP contribution in [0.5, 0.6) is 0 Å². The molecule has 1 heterocycles. The molecule has 7 heteroatoms. The summed E-state index contributed by atoms with van der Waals surface area (Å²) >= 11 is 0. The Morgan fingerprint density at radius 3 is 2.52 bits per heavy atom. The van der Waals surface area contributed by atoms with E-state index in [2.05, 4.69) is 0 Å². The minimum absolute atomic E-state index is 0.195. The van der Waals surface area contributed by atoms with E-state index in [0.29, 0.717) is 19.4 Å². The lowest BCUT2D eigenvalue weighted by atomic mass is 9.98. The summed E-state index contributed by atoms with van der Waals surface area (Å²) < 4.78 is 44.6. The van der Waals surface area contributed by atoms with E-state index in [-0.39, 0.29) is 29.9 Å². The maximum Gasteiger partial charge on any atom is 0.309 e. The van der Waals surface area contributed by atoms with Crippen molar-refractivity contribution in [1.29, 1.82) is 0 Å². The smallest absolute Gasteiger partial charge is 0.309 e. The molecular formula is C14H18FNO4S. The first-order valence-corrected chi connectivity index (χ1v) is 8.32. The Bertz CT molecular complexity index is 609. The van der Waals surface area contributed by atoms with Gasteiger partial charge in [0.25, 0.3) is 0 Å². The number of halogens is 1. The highest BCUT2D eigenvalue weighted by Crippen LogP contribution is 2.25. The molecule has 0 saturated carbocycles. The number of sulfonamides is 1. The Kier molecular flexibility index (Phi) is 4.95. The number of piperidine rings is 1. The van der Waals surface area contributed by atoms with Crippen molar-refractivity contribution < 1.29 is 22.3 Å². The molecule has 2 rings (SSSR count). The molecule has 1 fully saturated rings. The van der Waals surface area contributed by atoms with Gasteiger partial charge >= 0.3 is 5.97 Å². The number of hydrogen-bond donors (Lipinski definition) is 0. The van der Waals surface area contributed by atoms with Gasteiger partial charge < -0.3 is 4.74 Å². The molecule has 0 radical (unpaired) electrons. The van der Waals surface area contributed by atoms with Gasteiger partial charge in [0.15, 0.2) is 0 Å². The molecule has 1 aromatic carbocycles. The summed E-state index contributed by atoms with van der Waals surface area (Å²) in [6.45, 7) is 2.43. The van der Waals surface area contributed by atoms with Crippen LogP contribution < -0.4 is 0 Å². The van der Waals surface area contributed by atoms with Gasteiger partial charge in [0.1, 0.15) is 10.7 Å². The standard InChI is InChI=1S/C14H18FNO4S/c1-2-20-14(17)11-7-9-16(10-8-11)21(18,19)13-6-4-3-5-12(13)15/h3-6,11H,2,7-10H2,1H3. The number of ether oxygens (including phenoxy) is 1. The van der Waals surface area contributed by atoms with Crippen LogP contribution in [0.3, 0.4) is 0 Å². The van der Waals surface area contributed by atoms with Crippen LogP contribution in [-0.2, 0) is 19.6 Å². The van der Waals surface area contributed by atoms with Gasteiger partial charge in [-0.1, -0.05) is 12.1 Å². The second kappa shape index (κ2) is 6.53. The van der Waals surface area contributed by atoms with E-state index in [4.69, 9.17) is 4.74 Å². The number of carbonyl (C=O) groups is 1. The highest BCUT2D eigenvalue weighted by molar-refractivity contribution is 7.89. The van der Waals surface area contributed by atoms with Gasteiger partial charge in [0.05, 0.1) is 12.5 Å². The van der Waals surface area contributed by atoms with E-state index in [1.807, 2.05) is 0 Å². The molecular weight excluding hydrogens is 297 g/mol. The predicted octanol–water partition coefficient (Wildman–Crippen LogP) is 1.79. The highest BCUT2D eigenvalue weighted by Gasteiger charge is 2.33. The molecule has 1 aliphatic heterocycles. The minimum atomic E-state index is -3.85. The van der Waals surface area contributed by atoms with E-state index in [0.717, 1.165) is 6.07 Å². The molecule has 0 aliphatic carbocycles. The van der Waals surface area contributed by atoms with E-state index in [1.54, 1.807) is 6.92 Å². The van der Waals surface area contributed by atoms with Crippen molar-refractivity contribution in [3.8, 4) is 0 Å². The molecule has 1 aromatic rings. The molecule has 0 aromatic heterocycles. The third-order valence-electron chi connectivity index (χ3n) is 3.53. The van der Waals surface area contributed by atoms with Crippen LogP contribution in [0.4, 0.5) is 4.39 Å². The van der Waals surface area contributed by atoms with Crippen molar-refractivity contribution in [3.05, 3.63) is 30.1 Å². The Labute approximate surface area is 123 Å². The fourth-order valence-corrected chi connectivity index (χ4v) is 3.92. The van der Waals surface area contributed by atoms with E-state index in [1.165, 1.54) is 22.5 Å². The molecule has 0 amide bonds. The Morgan fingerprint density at radius 1 is 1.33 bits per heavy atom. The van der Waals surface area contributed by atoms with Crippen LogP contribution in [-0.4, -0.2) is 38.4 Å². The summed E-state index contributed by atoms with van der Waals surface area (Å²) in [5.74, 6) is -1.33. The van der Waals surface area contributed by atoms with Crippen molar-refractivity contribution in [1.82, 2.24) is 4.31 Å². The molecule has 116 valence electrons. The average molecular weight is 315 g/mol. The first kappa shape index (κ1) is 15.9. The van der Waals surface area contributed by atoms with Crippen molar-refractivity contribution >= 4 is 16.0 Å². The van der Waals surface area contributed by atoms with Crippen LogP contribution in [0.15, 0.2) is 29.2 Å². The molecule has 0 spiro atoms. The number of carbonyl (C=O) groups excluding carboxylic acids is 1. The lowest BCUT2D eigenvalue weighted by Gasteiger charge is -2.30. The van der Waals surface area contributed by atoms with Gasteiger partial charge in [-0.15, -0.1) is 0 Å². The second-order valence-corrected chi connectivity index (χ2v) is 6.77. The molecule has 0 unspecified atom stereocenters. The summed E-state index contributed by atoms with van der Waals surface area (Å²) in [7, 11) is -3.85. The van der Waals surface area contributed by atoms with Crippen LogP contribution >= 0.6 is 0 Å². The highest BCUT2D eigenvalue weighted by atomic mass is 32.2. The minimum Gasteiger partial charge on any atom is -0.466 e. The van der Waals surface area contributed by atoms with Gasteiger partial charge in [-0.3, -0.25) is 4.79 Å². The third-order valence-corrected chi connectivity index (χ3v) is 5.46. The fourth-order valence-electron chi connectivity index (χ4n) is 2.38. The molecule has 1 aliphatic rings. The maximum absolute atomic E-state index is 13.7. The Balaban J connectivity index is 2.08.